The monoisotopic (exact) mass is 190 g/mol. The number of rotatable bonds is 2. The van der Waals surface area contributed by atoms with Gasteiger partial charge in [0.1, 0.15) is 5.75 Å². The highest BCUT2D eigenvalue weighted by Gasteiger charge is 2.12. The number of nitrogens with zero attached hydrogens (tertiary/aromatic N) is 1. The van der Waals surface area contributed by atoms with Crippen LogP contribution in [0.5, 0.6) is 5.75 Å². The Bertz CT molecular complexity index is 382. The third-order valence-electron chi connectivity index (χ3n) is 1.60. The van der Waals surface area contributed by atoms with Crippen molar-refractivity contribution in [3.63, 3.8) is 0 Å². The van der Waals surface area contributed by atoms with Crippen LogP contribution in [0.25, 0.3) is 0 Å². The van der Waals surface area contributed by atoms with Crippen molar-refractivity contribution in [3.8, 4) is 18.1 Å². The first-order chi connectivity index (χ1) is 6.65. The summed E-state index contributed by atoms with van der Waals surface area (Å²) < 4.78 is 0. The third-order valence-corrected chi connectivity index (χ3v) is 1.60. The molecule has 0 aliphatic rings. The molecule has 72 valence electrons. The van der Waals surface area contributed by atoms with Crippen molar-refractivity contribution in [1.29, 1.82) is 0 Å². The van der Waals surface area contributed by atoms with Crippen molar-refractivity contribution in [2.45, 2.75) is 13.0 Å². The average Bonchev–Trinajstić information content (AvgIpc) is 2.18. The minimum absolute atomic E-state index is 0.0189. The van der Waals surface area contributed by atoms with Crippen molar-refractivity contribution in [3.05, 3.63) is 24.0 Å². The van der Waals surface area contributed by atoms with Crippen LogP contribution in [0.3, 0.4) is 0 Å². The second-order valence-electron chi connectivity index (χ2n) is 2.73. The van der Waals surface area contributed by atoms with Gasteiger partial charge in [-0.25, -0.2) is 4.98 Å². The lowest BCUT2D eigenvalue weighted by atomic mass is 10.3. The van der Waals surface area contributed by atoms with Crippen LogP contribution in [-0.2, 0) is 0 Å². The van der Waals surface area contributed by atoms with Crippen molar-refractivity contribution >= 4 is 5.91 Å². The smallest absolute Gasteiger partial charge is 0.274 e. The SMILES string of the molecule is C#CC(C)NC(=O)c1ncccc1O. The fourth-order valence-corrected chi connectivity index (χ4v) is 0.878. The molecule has 4 nitrogen and oxygen atoms in total. The van der Waals surface area contributed by atoms with Gasteiger partial charge in [0.2, 0.25) is 0 Å². The van der Waals surface area contributed by atoms with Crippen LogP contribution < -0.4 is 5.32 Å². The maximum absolute atomic E-state index is 11.4. The zero-order valence-electron chi connectivity index (χ0n) is 7.69. The number of aromatic nitrogens is 1. The lowest BCUT2D eigenvalue weighted by molar-refractivity contribution is 0.0940. The molecule has 4 heteroatoms. The molecule has 0 aromatic carbocycles. The maximum Gasteiger partial charge on any atom is 0.274 e. The van der Waals surface area contributed by atoms with Gasteiger partial charge >= 0.3 is 0 Å². The molecule has 0 radical (unpaired) electrons. The molecule has 2 N–H and O–H groups in total. The average molecular weight is 190 g/mol. The summed E-state index contributed by atoms with van der Waals surface area (Å²) in [7, 11) is 0. The number of amides is 1. The van der Waals surface area contributed by atoms with Crippen LogP contribution >= 0.6 is 0 Å². The molecule has 1 aromatic rings. The van der Waals surface area contributed by atoms with Crippen molar-refractivity contribution in [2.75, 3.05) is 0 Å². The summed E-state index contributed by atoms with van der Waals surface area (Å²) in [6.45, 7) is 1.66. The Balaban J connectivity index is 2.81. The molecule has 0 aliphatic heterocycles. The number of nitrogens with one attached hydrogen (secondary N) is 1. The second-order valence-corrected chi connectivity index (χ2v) is 2.73. The van der Waals surface area contributed by atoms with E-state index in [4.69, 9.17) is 6.42 Å². The predicted octanol–water partition coefficient (Wildman–Crippen LogP) is 0.539. The van der Waals surface area contributed by atoms with Crippen LogP contribution in [0, 0.1) is 12.3 Å². The summed E-state index contributed by atoms with van der Waals surface area (Å²) >= 11 is 0. The molecule has 0 saturated carbocycles. The van der Waals surface area contributed by atoms with E-state index < -0.39 is 5.91 Å². The fraction of sp³-hybridized carbons (Fsp3) is 0.200. The molecule has 0 saturated heterocycles. The lowest BCUT2D eigenvalue weighted by Gasteiger charge is -2.07. The summed E-state index contributed by atoms with van der Waals surface area (Å²) in [6.07, 6.45) is 6.51. The molecule has 14 heavy (non-hydrogen) atoms. The number of terminal acetylenes is 1. The van der Waals surface area contributed by atoms with Gasteiger partial charge < -0.3 is 10.4 Å². The van der Waals surface area contributed by atoms with Crippen LogP contribution in [-0.4, -0.2) is 22.0 Å². The minimum Gasteiger partial charge on any atom is -0.505 e. The van der Waals surface area contributed by atoms with Gasteiger partial charge in [-0.15, -0.1) is 6.42 Å². The van der Waals surface area contributed by atoms with Crippen molar-refractivity contribution < 1.29 is 9.90 Å². The Labute approximate surface area is 82.0 Å². The van der Waals surface area contributed by atoms with E-state index in [-0.39, 0.29) is 17.5 Å². The molecule has 1 heterocycles. The highest BCUT2D eigenvalue weighted by molar-refractivity contribution is 5.95. The lowest BCUT2D eigenvalue weighted by Crippen LogP contribution is -2.31. The first-order valence-electron chi connectivity index (χ1n) is 4.06. The highest BCUT2D eigenvalue weighted by atomic mass is 16.3. The molecule has 1 rings (SSSR count). The van der Waals surface area contributed by atoms with E-state index in [2.05, 4.69) is 16.2 Å². The molecular formula is C10H10N2O2. The van der Waals surface area contributed by atoms with Crippen molar-refractivity contribution in [2.24, 2.45) is 0 Å². The third kappa shape index (κ3) is 2.23. The van der Waals surface area contributed by atoms with E-state index in [1.54, 1.807) is 6.92 Å². The number of aromatic hydroxyl groups is 1. The van der Waals surface area contributed by atoms with Gasteiger partial charge in [-0.2, -0.15) is 0 Å². The number of carbonyl (C=O) groups excluding carboxylic acids is 1. The quantitative estimate of drug-likeness (QED) is 0.669. The Morgan fingerprint density at radius 1 is 1.79 bits per heavy atom. The summed E-state index contributed by atoms with van der Waals surface area (Å²) in [4.78, 5) is 15.1. The summed E-state index contributed by atoms with van der Waals surface area (Å²) in [6, 6.07) is 2.54. The van der Waals surface area contributed by atoms with Gasteiger partial charge in [0.25, 0.3) is 5.91 Å². The zero-order chi connectivity index (χ0) is 10.6. The first-order valence-corrected chi connectivity index (χ1v) is 4.06. The van der Waals surface area contributed by atoms with Crippen LogP contribution in [0.1, 0.15) is 17.4 Å². The zero-order valence-corrected chi connectivity index (χ0v) is 7.69. The van der Waals surface area contributed by atoms with Gasteiger partial charge in [-0.05, 0) is 19.1 Å². The van der Waals surface area contributed by atoms with E-state index in [9.17, 15) is 9.90 Å². The van der Waals surface area contributed by atoms with Gasteiger partial charge in [0.15, 0.2) is 5.69 Å². The molecule has 0 bridgehead atoms. The fourth-order valence-electron chi connectivity index (χ4n) is 0.878. The Morgan fingerprint density at radius 2 is 2.50 bits per heavy atom. The maximum atomic E-state index is 11.4. The number of carbonyl (C=O) groups is 1. The van der Waals surface area contributed by atoms with E-state index in [0.717, 1.165) is 0 Å². The predicted molar refractivity (Wildman–Crippen MR) is 51.7 cm³/mol. The summed E-state index contributed by atoms with van der Waals surface area (Å²) in [5, 5.41) is 11.8. The molecule has 1 aromatic heterocycles. The van der Waals surface area contributed by atoms with E-state index >= 15 is 0 Å². The molecule has 1 amide bonds. The number of hydrogen-bond acceptors (Lipinski definition) is 3. The van der Waals surface area contributed by atoms with E-state index in [1.807, 2.05) is 0 Å². The first kappa shape index (κ1) is 10.1. The molecule has 0 aliphatic carbocycles. The normalized spacial score (nSPS) is 11.4. The van der Waals surface area contributed by atoms with E-state index in [1.165, 1.54) is 18.3 Å². The largest absolute Gasteiger partial charge is 0.505 e. The summed E-state index contributed by atoms with van der Waals surface area (Å²) in [5.41, 5.74) is -0.0189. The molecule has 1 atom stereocenters. The number of hydrogen-bond donors (Lipinski definition) is 2. The molecule has 0 fully saturated rings. The second kappa shape index (κ2) is 4.28. The van der Waals surface area contributed by atoms with Crippen LogP contribution in [0.15, 0.2) is 18.3 Å². The minimum atomic E-state index is -0.478. The van der Waals surface area contributed by atoms with Gasteiger partial charge in [0, 0.05) is 6.20 Å². The van der Waals surface area contributed by atoms with Crippen molar-refractivity contribution in [1.82, 2.24) is 10.3 Å². The van der Waals surface area contributed by atoms with E-state index in [0.29, 0.717) is 0 Å². The van der Waals surface area contributed by atoms with Crippen LogP contribution in [0.2, 0.25) is 0 Å². The van der Waals surface area contributed by atoms with Gasteiger partial charge in [-0.1, -0.05) is 5.92 Å². The van der Waals surface area contributed by atoms with Crippen LogP contribution in [0.4, 0.5) is 0 Å². The van der Waals surface area contributed by atoms with Gasteiger partial charge in [-0.3, -0.25) is 4.79 Å². The highest BCUT2D eigenvalue weighted by Crippen LogP contribution is 2.11. The Kier molecular flexibility index (Phi) is 3.08. The van der Waals surface area contributed by atoms with Gasteiger partial charge in [0.05, 0.1) is 6.04 Å². The Hall–Kier alpha value is -2.02. The molecule has 1 unspecified atom stereocenters. The molecular weight excluding hydrogens is 180 g/mol. The number of pyridine rings is 1. The standard InChI is InChI=1S/C10H10N2O2/c1-3-7(2)12-10(14)9-8(13)5-4-6-11-9/h1,4-7,13H,2H3,(H,12,14). The molecule has 0 spiro atoms. The Morgan fingerprint density at radius 3 is 3.07 bits per heavy atom. The summed E-state index contributed by atoms with van der Waals surface area (Å²) in [5.74, 6) is 1.71. The topological polar surface area (TPSA) is 62.2 Å².